The minimum absolute atomic E-state index is 0.924. The summed E-state index contributed by atoms with van der Waals surface area (Å²) in [6, 6.07) is 0. The second-order valence-electron chi connectivity index (χ2n) is 4.97. The van der Waals surface area contributed by atoms with E-state index in [4.69, 9.17) is 9.47 Å². The summed E-state index contributed by atoms with van der Waals surface area (Å²) in [7, 11) is 0. The number of hydrogen-bond donors (Lipinski definition) is 0. The third kappa shape index (κ3) is 5.34. The molecule has 0 N–H and O–H groups in total. The van der Waals surface area contributed by atoms with Crippen molar-refractivity contribution < 1.29 is 9.47 Å². The number of hydrogen-bond acceptors (Lipinski definition) is 4. The van der Waals surface area contributed by atoms with Crippen LogP contribution in [0.25, 0.3) is 0 Å². The van der Waals surface area contributed by atoms with Gasteiger partial charge in [0.1, 0.15) is 0 Å². The van der Waals surface area contributed by atoms with Gasteiger partial charge in [-0.25, -0.2) is 0 Å². The Morgan fingerprint density at radius 3 is 1.41 bits per heavy atom. The van der Waals surface area contributed by atoms with Crippen molar-refractivity contribution in [2.24, 2.45) is 0 Å². The highest BCUT2D eigenvalue weighted by molar-refractivity contribution is 4.64. The molecule has 0 aromatic carbocycles. The Morgan fingerprint density at radius 1 is 0.588 bits per heavy atom. The Hall–Kier alpha value is -0.160. The maximum atomic E-state index is 5.35. The normalized spacial score (nSPS) is 24.0. The van der Waals surface area contributed by atoms with Gasteiger partial charge in [-0.2, -0.15) is 0 Å². The van der Waals surface area contributed by atoms with Crippen LogP contribution in [-0.2, 0) is 9.47 Å². The van der Waals surface area contributed by atoms with Crippen molar-refractivity contribution in [1.29, 1.82) is 0 Å². The van der Waals surface area contributed by atoms with Gasteiger partial charge in [0.2, 0.25) is 0 Å². The molecule has 0 aromatic rings. The molecule has 2 aliphatic rings. The van der Waals surface area contributed by atoms with Gasteiger partial charge in [-0.3, -0.25) is 9.80 Å². The average molecular weight is 242 g/mol. The summed E-state index contributed by atoms with van der Waals surface area (Å²) in [5, 5.41) is 0. The number of unbranched alkanes of at least 4 members (excludes halogenated alkanes) is 2. The predicted octanol–water partition coefficient (Wildman–Crippen LogP) is 0.821. The van der Waals surface area contributed by atoms with Crippen LogP contribution in [-0.4, -0.2) is 75.5 Å². The zero-order valence-electron chi connectivity index (χ0n) is 10.9. The van der Waals surface area contributed by atoms with Crippen LogP contribution in [0.4, 0.5) is 0 Å². The molecule has 2 fully saturated rings. The summed E-state index contributed by atoms with van der Waals surface area (Å²) in [6.07, 6.45) is 4.03. The molecule has 0 unspecified atom stereocenters. The van der Waals surface area contributed by atoms with Crippen LogP contribution in [0.3, 0.4) is 0 Å². The van der Waals surface area contributed by atoms with E-state index in [0.29, 0.717) is 0 Å². The zero-order chi connectivity index (χ0) is 11.8. The summed E-state index contributed by atoms with van der Waals surface area (Å²) in [5.41, 5.74) is 0. The first-order chi connectivity index (χ1) is 8.45. The Kier molecular flexibility index (Phi) is 6.27. The summed E-state index contributed by atoms with van der Waals surface area (Å²) < 4.78 is 10.7. The number of ether oxygens (including phenoxy) is 2. The quantitative estimate of drug-likeness (QED) is 0.644. The second kappa shape index (κ2) is 8.03. The van der Waals surface area contributed by atoms with E-state index < -0.39 is 0 Å². The predicted molar refractivity (Wildman–Crippen MR) is 68.4 cm³/mol. The molecule has 0 amide bonds. The van der Waals surface area contributed by atoms with Crippen molar-refractivity contribution in [3.63, 3.8) is 0 Å². The molecule has 2 saturated heterocycles. The van der Waals surface area contributed by atoms with Gasteiger partial charge in [-0.1, -0.05) is 6.42 Å². The third-order valence-electron chi connectivity index (χ3n) is 3.66. The third-order valence-corrected chi connectivity index (χ3v) is 3.66. The topological polar surface area (TPSA) is 24.9 Å². The second-order valence-corrected chi connectivity index (χ2v) is 4.97. The smallest absolute Gasteiger partial charge is 0.0594 e. The van der Waals surface area contributed by atoms with Crippen molar-refractivity contribution in [3.8, 4) is 0 Å². The van der Waals surface area contributed by atoms with Gasteiger partial charge in [0, 0.05) is 26.2 Å². The molecule has 0 atom stereocenters. The SMILES string of the molecule is C(CCN1CCOCC1)CCN1CCOCC1. The van der Waals surface area contributed by atoms with Crippen LogP contribution in [0, 0.1) is 0 Å². The van der Waals surface area contributed by atoms with E-state index in [0.717, 1.165) is 52.6 Å². The molecule has 0 saturated carbocycles. The fourth-order valence-corrected chi connectivity index (χ4v) is 2.50. The van der Waals surface area contributed by atoms with Crippen LogP contribution in [0.1, 0.15) is 19.3 Å². The Labute approximate surface area is 105 Å². The highest BCUT2D eigenvalue weighted by atomic mass is 16.5. The summed E-state index contributed by atoms with van der Waals surface area (Å²) in [5.74, 6) is 0. The molecule has 2 aliphatic heterocycles. The molecule has 4 heteroatoms. The molecular weight excluding hydrogens is 216 g/mol. The molecule has 0 aliphatic carbocycles. The highest BCUT2D eigenvalue weighted by Gasteiger charge is 2.11. The van der Waals surface area contributed by atoms with E-state index in [1.807, 2.05) is 0 Å². The van der Waals surface area contributed by atoms with Crippen molar-refractivity contribution >= 4 is 0 Å². The van der Waals surface area contributed by atoms with E-state index in [-0.39, 0.29) is 0 Å². The molecule has 2 heterocycles. The summed E-state index contributed by atoms with van der Waals surface area (Å²) in [6.45, 7) is 10.7. The molecule has 4 nitrogen and oxygen atoms in total. The van der Waals surface area contributed by atoms with Gasteiger partial charge in [-0.05, 0) is 25.9 Å². The lowest BCUT2D eigenvalue weighted by atomic mass is 10.2. The van der Waals surface area contributed by atoms with Crippen LogP contribution in [0.5, 0.6) is 0 Å². The Morgan fingerprint density at radius 2 is 1.00 bits per heavy atom. The molecule has 0 spiro atoms. The van der Waals surface area contributed by atoms with Gasteiger partial charge in [0.25, 0.3) is 0 Å². The number of rotatable bonds is 6. The molecule has 2 rings (SSSR count). The van der Waals surface area contributed by atoms with Gasteiger partial charge >= 0.3 is 0 Å². The molecular formula is C13H26N2O2. The minimum atomic E-state index is 0.924. The first-order valence-corrected chi connectivity index (χ1v) is 7.05. The monoisotopic (exact) mass is 242 g/mol. The van der Waals surface area contributed by atoms with Crippen LogP contribution < -0.4 is 0 Å². The molecule has 0 radical (unpaired) electrons. The number of morpholine rings is 2. The van der Waals surface area contributed by atoms with Crippen LogP contribution in [0.15, 0.2) is 0 Å². The van der Waals surface area contributed by atoms with Crippen molar-refractivity contribution in [2.75, 3.05) is 65.7 Å². The number of nitrogens with zero attached hydrogens (tertiary/aromatic N) is 2. The van der Waals surface area contributed by atoms with E-state index in [1.54, 1.807) is 0 Å². The average Bonchev–Trinajstić information content (AvgIpc) is 2.41. The maximum absolute atomic E-state index is 5.35. The highest BCUT2D eigenvalue weighted by Crippen LogP contribution is 2.04. The molecule has 0 bridgehead atoms. The Bertz CT molecular complexity index is 170. The van der Waals surface area contributed by atoms with Gasteiger partial charge in [0.15, 0.2) is 0 Å². The molecule has 100 valence electrons. The fourth-order valence-electron chi connectivity index (χ4n) is 2.50. The maximum Gasteiger partial charge on any atom is 0.0594 e. The van der Waals surface area contributed by atoms with Crippen LogP contribution in [0.2, 0.25) is 0 Å². The largest absolute Gasteiger partial charge is 0.379 e. The minimum Gasteiger partial charge on any atom is -0.379 e. The van der Waals surface area contributed by atoms with Gasteiger partial charge < -0.3 is 9.47 Å². The van der Waals surface area contributed by atoms with E-state index in [1.165, 1.54) is 32.4 Å². The molecule has 0 aromatic heterocycles. The summed E-state index contributed by atoms with van der Waals surface area (Å²) >= 11 is 0. The standard InChI is InChI=1S/C13H26N2O2/c1(2-4-14-6-10-16-11-7-14)3-5-15-8-12-17-13-9-15/h1-13H2. The lowest BCUT2D eigenvalue weighted by Gasteiger charge is -2.27. The Balaban J connectivity index is 1.42. The lowest BCUT2D eigenvalue weighted by molar-refractivity contribution is 0.0339. The van der Waals surface area contributed by atoms with Crippen molar-refractivity contribution in [3.05, 3.63) is 0 Å². The first-order valence-electron chi connectivity index (χ1n) is 7.05. The van der Waals surface area contributed by atoms with E-state index >= 15 is 0 Å². The summed E-state index contributed by atoms with van der Waals surface area (Å²) in [4.78, 5) is 5.05. The van der Waals surface area contributed by atoms with E-state index in [2.05, 4.69) is 9.80 Å². The van der Waals surface area contributed by atoms with Gasteiger partial charge in [0.05, 0.1) is 26.4 Å². The van der Waals surface area contributed by atoms with Crippen LogP contribution >= 0.6 is 0 Å². The van der Waals surface area contributed by atoms with Gasteiger partial charge in [-0.15, -0.1) is 0 Å². The lowest BCUT2D eigenvalue weighted by Crippen LogP contribution is -2.37. The molecule has 17 heavy (non-hydrogen) atoms. The van der Waals surface area contributed by atoms with Crippen molar-refractivity contribution in [1.82, 2.24) is 9.80 Å². The first kappa shape index (κ1) is 13.3. The van der Waals surface area contributed by atoms with Crippen molar-refractivity contribution in [2.45, 2.75) is 19.3 Å². The van der Waals surface area contributed by atoms with E-state index in [9.17, 15) is 0 Å². The fraction of sp³-hybridized carbons (Fsp3) is 1.00. The zero-order valence-corrected chi connectivity index (χ0v) is 10.9.